The number of piperazine rings is 1. The van der Waals surface area contributed by atoms with Gasteiger partial charge in [0.2, 0.25) is 6.79 Å². The van der Waals surface area contributed by atoms with E-state index in [0.717, 1.165) is 5.69 Å². The first-order chi connectivity index (χ1) is 15.2. The van der Waals surface area contributed by atoms with Gasteiger partial charge in [0.05, 0.1) is 0 Å². The van der Waals surface area contributed by atoms with E-state index in [1.54, 1.807) is 47.4 Å². The van der Waals surface area contributed by atoms with E-state index < -0.39 is 0 Å². The maximum Gasteiger partial charge on any atom is 0.289 e. The van der Waals surface area contributed by atoms with Gasteiger partial charge in [0, 0.05) is 37.9 Å². The molecule has 1 aromatic heterocycles. The third kappa shape index (κ3) is 4.14. The van der Waals surface area contributed by atoms with Gasteiger partial charge in [-0.3, -0.25) is 4.79 Å². The number of furan rings is 1. The van der Waals surface area contributed by atoms with E-state index in [-0.39, 0.29) is 25.1 Å². The first kappa shape index (κ1) is 19.3. The van der Waals surface area contributed by atoms with Crippen LogP contribution in [0.15, 0.2) is 59.0 Å². The van der Waals surface area contributed by atoms with Crippen molar-refractivity contribution in [2.45, 2.75) is 6.61 Å². The smallest absolute Gasteiger partial charge is 0.289 e. The van der Waals surface area contributed by atoms with Gasteiger partial charge in [-0.2, -0.15) is 0 Å². The Balaban J connectivity index is 1.15. The minimum atomic E-state index is -0.256. The van der Waals surface area contributed by atoms with Crippen molar-refractivity contribution in [3.63, 3.8) is 0 Å². The Hall–Kier alpha value is -3.68. The van der Waals surface area contributed by atoms with Crippen LogP contribution in [0.4, 0.5) is 10.1 Å². The van der Waals surface area contributed by atoms with Gasteiger partial charge < -0.3 is 28.4 Å². The van der Waals surface area contributed by atoms with E-state index in [9.17, 15) is 9.18 Å². The quantitative estimate of drug-likeness (QED) is 0.623. The Morgan fingerprint density at radius 3 is 2.52 bits per heavy atom. The van der Waals surface area contributed by atoms with E-state index >= 15 is 0 Å². The van der Waals surface area contributed by atoms with Gasteiger partial charge in [0.25, 0.3) is 5.91 Å². The predicted molar refractivity (Wildman–Crippen MR) is 110 cm³/mol. The molecule has 5 rings (SSSR count). The fourth-order valence-electron chi connectivity index (χ4n) is 3.67. The third-order valence-corrected chi connectivity index (χ3v) is 5.36. The number of benzene rings is 2. The molecule has 1 saturated heterocycles. The minimum Gasteiger partial charge on any atom is -0.486 e. The van der Waals surface area contributed by atoms with Crippen LogP contribution in [0, 0.1) is 5.82 Å². The van der Waals surface area contributed by atoms with Crippen molar-refractivity contribution in [3.05, 3.63) is 71.9 Å². The molecule has 2 aliphatic rings. The SMILES string of the molecule is O=C(c1ccc(COc2ccc3c(c2)OCO3)o1)N1CCN(c2ccc(F)cc2)CC1. The Labute approximate surface area is 178 Å². The van der Waals surface area contributed by atoms with Gasteiger partial charge in [-0.05, 0) is 48.5 Å². The molecule has 2 aliphatic heterocycles. The summed E-state index contributed by atoms with van der Waals surface area (Å²) in [7, 11) is 0. The fourth-order valence-corrected chi connectivity index (χ4v) is 3.67. The Morgan fingerprint density at radius 2 is 1.71 bits per heavy atom. The molecule has 7 nitrogen and oxygen atoms in total. The van der Waals surface area contributed by atoms with Crippen molar-refractivity contribution in [2.75, 3.05) is 37.9 Å². The normalized spacial score (nSPS) is 15.3. The first-order valence-electron chi connectivity index (χ1n) is 10.1. The minimum absolute atomic E-state index is 0.145. The maximum atomic E-state index is 13.1. The van der Waals surface area contributed by atoms with Gasteiger partial charge in [-0.15, -0.1) is 0 Å². The Bertz CT molecular complexity index is 1070. The zero-order chi connectivity index (χ0) is 21.2. The van der Waals surface area contributed by atoms with Crippen LogP contribution in [0.2, 0.25) is 0 Å². The molecule has 0 atom stereocenters. The van der Waals surface area contributed by atoms with E-state index in [4.69, 9.17) is 18.6 Å². The number of ether oxygens (including phenoxy) is 3. The molecular formula is C23H21FN2O5. The highest BCUT2D eigenvalue weighted by atomic mass is 19.1. The number of amides is 1. The number of carbonyl (C=O) groups excluding carboxylic acids is 1. The molecule has 0 unspecified atom stereocenters. The summed E-state index contributed by atoms with van der Waals surface area (Å²) < 4.78 is 35.2. The predicted octanol–water partition coefficient (Wildman–Crippen LogP) is 3.69. The molecule has 1 fully saturated rings. The highest BCUT2D eigenvalue weighted by molar-refractivity contribution is 5.91. The molecule has 160 valence electrons. The number of fused-ring (bicyclic) bond motifs is 1. The summed E-state index contributed by atoms with van der Waals surface area (Å²) in [4.78, 5) is 16.7. The van der Waals surface area contributed by atoms with Gasteiger partial charge in [-0.1, -0.05) is 0 Å². The number of carbonyl (C=O) groups is 1. The highest BCUT2D eigenvalue weighted by Crippen LogP contribution is 2.35. The molecule has 2 aromatic carbocycles. The summed E-state index contributed by atoms with van der Waals surface area (Å²) in [6, 6.07) is 15.2. The van der Waals surface area contributed by atoms with Crippen LogP contribution in [0.5, 0.6) is 17.2 Å². The number of halogens is 1. The highest BCUT2D eigenvalue weighted by Gasteiger charge is 2.24. The molecule has 1 amide bonds. The number of nitrogens with zero attached hydrogens (tertiary/aromatic N) is 2. The Morgan fingerprint density at radius 1 is 0.935 bits per heavy atom. The molecule has 0 aliphatic carbocycles. The number of hydrogen-bond acceptors (Lipinski definition) is 6. The average Bonchev–Trinajstić information content (AvgIpc) is 3.47. The largest absolute Gasteiger partial charge is 0.486 e. The second kappa shape index (κ2) is 8.22. The fraction of sp³-hybridized carbons (Fsp3) is 0.261. The first-order valence-corrected chi connectivity index (χ1v) is 10.1. The summed E-state index contributed by atoms with van der Waals surface area (Å²) in [5.74, 6) is 2.42. The zero-order valence-electron chi connectivity index (χ0n) is 16.8. The van der Waals surface area contributed by atoms with Crippen molar-refractivity contribution < 1.29 is 27.8 Å². The van der Waals surface area contributed by atoms with Crippen LogP contribution in [-0.2, 0) is 6.61 Å². The van der Waals surface area contributed by atoms with Crippen LogP contribution in [-0.4, -0.2) is 43.8 Å². The summed E-state index contributed by atoms with van der Waals surface area (Å²) in [6.45, 7) is 2.90. The number of anilines is 1. The van der Waals surface area contributed by atoms with Gasteiger partial charge in [0.1, 0.15) is 23.9 Å². The lowest BCUT2D eigenvalue weighted by atomic mass is 10.2. The van der Waals surface area contributed by atoms with Crippen LogP contribution in [0.3, 0.4) is 0 Å². The van der Waals surface area contributed by atoms with Crippen molar-refractivity contribution >= 4 is 11.6 Å². The molecule has 3 heterocycles. The zero-order valence-corrected chi connectivity index (χ0v) is 16.8. The van der Waals surface area contributed by atoms with Crippen molar-refractivity contribution in [2.24, 2.45) is 0 Å². The van der Waals surface area contributed by atoms with Crippen LogP contribution >= 0.6 is 0 Å². The molecule has 0 bridgehead atoms. The summed E-state index contributed by atoms with van der Waals surface area (Å²) >= 11 is 0. The van der Waals surface area contributed by atoms with Gasteiger partial charge >= 0.3 is 0 Å². The van der Waals surface area contributed by atoms with Crippen LogP contribution < -0.4 is 19.1 Å². The molecule has 8 heteroatoms. The van der Waals surface area contributed by atoms with E-state index in [0.29, 0.717) is 54.9 Å². The summed E-state index contributed by atoms with van der Waals surface area (Å²) in [6.07, 6.45) is 0. The van der Waals surface area contributed by atoms with Gasteiger partial charge in [-0.25, -0.2) is 4.39 Å². The lowest BCUT2D eigenvalue weighted by molar-refractivity contribution is 0.0710. The molecule has 0 saturated carbocycles. The summed E-state index contributed by atoms with van der Waals surface area (Å²) in [5.41, 5.74) is 0.953. The standard InChI is InChI=1S/C23H21FN2O5/c24-16-1-3-17(4-2-16)25-9-11-26(12-10-25)23(27)21-8-6-19(31-21)14-28-18-5-7-20-22(13-18)30-15-29-20/h1-8,13H,9-12,14-15H2. The van der Waals surface area contributed by atoms with Crippen LogP contribution in [0.1, 0.15) is 16.3 Å². The average molecular weight is 424 g/mol. The third-order valence-electron chi connectivity index (χ3n) is 5.36. The van der Waals surface area contributed by atoms with Gasteiger partial charge in [0.15, 0.2) is 17.3 Å². The molecule has 0 radical (unpaired) electrons. The second-order valence-electron chi connectivity index (χ2n) is 7.33. The molecular weight excluding hydrogens is 403 g/mol. The van der Waals surface area contributed by atoms with Crippen LogP contribution in [0.25, 0.3) is 0 Å². The molecule has 0 N–H and O–H groups in total. The van der Waals surface area contributed by atoms with Crippen molar-refractivity contribution in [3.8, 4) is 17.2 Å². The number of rotatable bonds is 5. The van der Waals surface area contributed by atoms with Crippen molar-refractivity contribution in [1.29, 1.82) is 0 Å². The van der Waals surface area contributed by atoms with E-state index in [1.807, 2.05) is 0 Å². The van der Waals surface area contributed by atoms with Crippen molar-refractivity contribution in [1.82, 2.24) is 4.90 Å². The topological polar surface area (TPSA) is 64.4 Å². The maximum absolute atomic E-state index is 13.1. The van der Waals surface area contributed by atoms with E-state index in [2.05, 4.69) is 4.90 Å². The molecule has 31 heavy (non-hydrogen) atoms. The lowest BCUT2D eigenvalue weighted by Gasteiger charge is -2.35. The molecule has 0 spiro atoms. The van der Waals surface area contributed by atoms with E-state index in [1.165, 1.54) is 12.1 Å². The Kier molecular flexibility index (Phi) is 5.11. The second-order valence-corrected chi connectivity index (χ2v) is 7.33. The lowest BCUT2D eigenvalue weighted by Crippen LogP contribution is -2.48. The number of hydrogen-bond donors (Lipinski definition) is 0. The monoisotopic (exact) mass is 424 g/mol. The molecule has 3 aromatic rings. The summed E-state index contributed by atoms with van der Waals surface area (Å²) in [5, 5.41) is 0.